The third kappa shape index (κ3) is 3.24. The molecular formula is C27H32N2. The molecule has 2 nitrogen and oxygen atoms in total. The van der Waals surface area contributed by atoms with E-state index in [1.165, 1.54) is 36.8 Å². The number of hydrogen-bond donors (Lipinski definition) is 0. The first kappa shape index (κ1) is 18.7. The molecule has 1 aliphatic heterocycles. The molecule has 0 saturated carbocycles. The fourth-order valence-electron chi connectivity index (χ4n) is 5.63. The van der Waals surface area contributed by atoms with Crippen molar-refractivity contribution in [1.29, 1.82) is 0 Å². The molecule has 0 bridgehead atoms. The Hall–Kier alpha value is -2.32. The lowest BCUT2D eigenvalue weighted by molar-refractivity contribution is 0.188. The van der Waals surface area contributed by atoms with Crippen molar-refractivity contribution in [3.63, 3.8) is 0 Å². The summed E-state index contributed by atoms with van der Waals surface area (Å²) in [7, 11) is 2.28. The molecular weight excluding hydrogens is 352 g/mol. The van der Waals surface area contributed by atoms with E-state index in [0.717, 1.165) is 6.42 Å². The van der Waals surface area contributed by atoms with E-state index in [1.54, 1.807) is 11.3 Å². The number of hydrogen-bond acceptors (Lipinski definition) is 2. The molecule has 4 aliphatic rings. The molecule has 3 aliphatic carbocycles. The van der Waals surface area contributed by atoms with Gasteiger partial charge in [0.2, 0.25) is 0 Å². The molecule has 0 N–H and O–H groups in total. The van der Waals surface area contributed by atoms with Crippen LogP contribution in [-0.4, -0.2) is 35.1 Å². The first-order chi connectivity index (χ1) is 14.3. The topological polar surface area (TPSA) is 6.48 Å². The lowest BCUT2D eigenvalue weighted by Crippen LogP contribution is -2.39. The third-order valence-corrected chi connectivity index (χ3v) is 7.24. The van der Waals surface area contributed by atoms with Gasteiger partial charge in [0.1, 0.15) is 0 Å². The molecule has 0 spiro atoms. The Labute approximate surface area is 175 Å². The molecule has 1 aromatic carbocycles. The zero-order valence-electron chi connectivity index (χ0n) is 17.7. The highest BCUT2D eigenvalue weighted by Gasteiger charge is 2.44. The second kappa shape index (κ2) is 7.84. The van der Waals surface area contributed by atoms with Gasteiger partial charge in [0.05, 0.1) is 18.2 Å². The predicted molar refractivity (Wildman–Crippen MR) is 121 cm³/mol. The molecule has 5 rings (SSSR count). The number of benzene rings is 1. The summed E-state index contributed by atoms with van der Waals surface area (Å²) in [5.41, 5.74) is 6.04. The molecule has 4 unspecified atom stereocenters. The molecule has 0 amide bonds. The quantitative estimate of drug-likeness (QED) is 0.636. The van der Waals surface area contributed by atoms with Crippen molar-refractivity contribution < 1.29 is 0 Å². The van der Waals surface area contributed by atoms with E-state index >= 15 is 0 Å². The van der Waals surface area contributed by atoms with Gasteiger partial charge in [-0.2, -0.15) is 0 Å². The summed E-state index contributed by atoms with van der Waals surface area (Å²) in [4.78, 5) is 5.27. The van der Waals surface area contributed by atoms with Gasteiger partial charge < -0.3 is 4.90 Å². The predicted octanol–water partition coefficient (Wildman–Crippen LogP) is 5.94. The second-order valence-electron chi connectivity index (χ2n) is 8.83. The van der Waals surface area contributed by atoms with E-state index in [4.69, 9.17) is 0 Å². The Kier molecular flexibility index (Phi) is 5.05. The van der Waals surface area contributed by atoms with Gasteiger partial charge in [-0.1, -0.05) is 72.9 Å². The van der Waals surface area contributed by atoms with Crippen molar-refractivity contribution in [1.82, 2.24) is 9.80 Å². The molecule has 150 valence electrons. The van der Waals surface area contributed by atoms with Crippen molar-refractivity contribution in [2.75, 3.05) is 7.05 Å². The van der Waals surface area contributed by atoms with Crippen LogP contribution in [0.5, 0.6) is 0 Å². The number of nitrogens with zero attached hydrogens (tertiary/aromatic N) is 2. The maximum absolute atomic E-state index is 2.73. The highest BCUT2D eigenvalue weighted by molar-refractivity contribution is 5.51. The highest BCUT2D eigenvalue weighted by atomic mass is 15.4. The Bertz CT molecular complexity index is 902. The first-order valence-corrected chi connectivity index (χ1v) is 11.3. The van der Waals surface area contributed by atoms with Crippen LogP contribution >= 0.6 is 0 Å². The van der Waals surface area contributed by atoms with Gasteiger partial charge in [-0.3, -0.25) is 4.90 Å². The lowest BCUT2D eigenvalue weighted by atomic mass is 9.80. The summed E-state index contributed by atoms with van der Waals surface area (Å²) in [5, 5.41) is 0. The molecule has 1 heterocycles. The fourth-order valence-corrected chi connectivity index (χ4v) is 5.63. The van der Waals surface area contributed by atoms with Crippen LogP contribution in [0.1, 0.15) is 50.5 Å². The van der Waals surface area contributed by atoms with Gasteiger partial charge in [0, 0.05) is 11.6 Å². The lowest BCUT2D eigenvalue weighted by Gasteiger charge is -2.40. The molecule has 0 aromatic heterocycles. The van der Waals surface area contributed by atoms with Gasteiger partial charge in [-0.05, 0) is 62.8 Å². The summed E-state index contributed by atoms with van der Waals surface area (Å²) in [6, 6.07) is 12.0. The zero-order valence-corrected chi connectivity index (χ0v) is 17.7. The van der Waals surface area contributed by atoms with Crippen molar-refractivity contribution >= 4 is 0 Å². The fraction of sp³-hybridized carbons (Fsp3) is 0.407. The maximum Gasteiger partial charge on any atom is 0.0799 e. The van der Waals surface area contributed by atoms with E-state index in [0.29, 0.717) is 24.2 Å². The monoisotopic (exact) mass is 384 g/mol. The Balaban J connectivity index is 1.67. The molecule has 1 aromatic rings. The van der Waals surface area contributed by atoms with E-state index < -0.39 is 0 Å². The van der Waals surface area contributed by atoms with Gasteiger partial charge in [0.25, 0.3) is 0 Å². The molecule has 29 heavy (non-hydrogen) atoms. The minimum Gasteiger partial charge on any atom is -0.350 e. The van der Waals surface area contributed by atoms with Gasteiger partial charge >= 0.3 is 0 Å². The molecule has 2 heteroatoms. The largest absolute Gasteiger partial charge is 0.350 e. The number of likely N-dealkylation sites (N-methyl/N-ethyl adjacent to an activating group) is 1. The van der Waals surface area contributed by atoms with E-state index in [-0.39, 0.29) is 0 Å². The zero-order chi connectivity index (χ0) is 19.8. The van der Waals surface area contributed by atoms with Gasteiger partial charge in [0.15, 0.2) is 0 Å². The third-order valence-electron chi connectivity index (χ3n) is 7.24. The van der Waals surface area contributed by atoms with Crippen molar-refractivity contribution in [3.05, 3.63) is 95.3 Å². The van der Waals surface area contributed by atoms with E-state index in [1.807, 2.05) is 0 Å². The Morgan fingerprint density at radius 3 is 2.52 bits per heavy atom. The van der Waals surface area contributed by atoms with Crippen molar-refractivity contribution in [2.24, 2.45) is 0 Å². The highest BCUT2D eigenvalue weighted by Crippen LogP contribution is 2.45. The first-order valence-electron chi connectivity index (χ1n) is 11.3. The maximum atomic E-state index is 2.73. The molecule has 0 radical (unpaired) electrons. The van der Waals surface area contributed by atoms with E-state index in [2.05, 4.69) is 96.6 Å². The summed E-state index contributed by atoms with van der Waals surface area (Å²) in [5.74, 6) is 0.424. The van der Waals surface area contributed by atoms with Crippen LogP contribution in [-0.2, 0) is 0 Å². The number of allylic oxidation sites excluding steroid dienone is 8. The van der Waals surface area contributed by atoms with Crippen LogP contribution in [0.2, 0.25) is 0 Å². The van der Waals surface area contributed by atoms with Crippen LogP contribution in [0.25, 0.3) is 0 Å². The average molecular weight is 385 g/mol. The van der Waals surface area contributed by atoms with Crippen molar-refractivity contribution in [2.45, 2.75) is 63.2 Å². The summed E-state index contributed by atoms with van der Waals surface area (Å²) in [6.07, 6.45) is 23.1. The SMILES string of the molecule is CC1N(C)C2C=CC=CC2N1C1=C(C2=CCCCC2)C=CCC1c1ccccc1. The standard InChI is InChI=1S/C27H32N2/c1-20-28(2)25-18-9-10-19-26(25)29(20)27-23(21-12-5-3-6-13-21)16-11-17-24(27)22-14-7-4-8-15-22/h3,5-6,9-14,17-20,23,25-26H,4,7-8,15-16H2,1-2H3. The minimum absolute atomic E-state index is 0.379. The van der Waals surface area contributed by atoms with Crippen LogP contribution < -0.4 is 0 Å². The smallest absolute Gasteiger partial charge is 0.0799 e. The van der Waals surface area contributed by atoms with Crippen molar-refractivity contribution in [3.8, 4) is 0 Å². The molecule has 1 saturated heterocycles. The summed E-state index contributed by atoms with van der Waals surface area (Å²) in [6.45, 7) is 2.38. The second-order valence-corrected chi connectivity index (χ2v) is 8.83. The molecule has 4 atom stereocenters. The number of rotatable bonds is 3. The van der Waals surface area contributed by atoms with Crippen LogP contribution in [0, 0.1) is 0 Å². The van der Waals surface area contributed by atoms with Gasteiger partial charge in [-0.15, -0.1) is 0 Å². The Morgan fingerprint density at radius 2 is 1.76 bits per heavy atom. The van der Waals surface area contributed by atoms with Crippen LogP contribution in [0.15, 0.2) is 89.7 Å². The molecule has 1 fully saturated rings. The average Bonchev–Trinajstić information content (AvgIpc) is 3.04. The van der Waals surface area contributed by atoms with Gasteiger partial charge in [-0.25, -0.2) is 0 Å². The Morgan fingerprint density at radius 1 is 0.966 bits per heavy atom. The van der Waals surface area contributed by atoms with E-state index in [9.17, 15) is 0 Å². The minimum atomic E-state index is 0.379. The summed E-state index contributed by atoms with van der Waals surface area (Å²) < 4.78 is 0. The van der Waals surface area contributed by atoms with Crippen LogP contribution in [0.4, 0.5) is 0 Å². The van der Waals surface area contributed by atoms with Crippen LogP contribution in [0.3, 0.4) is 0 Å². The number of fused-ring (bicyclic) bond motifs is 1. The normalized spacial score (nSPS) is 31.9. The summed E-state index contributed by atoms with van der Waals surface area (Å²) >= 11 is 0.